The summed E-state index contributed by atoms with van der Waals surface area (Å²) in [6.45, 7) is 5.38. The molecule has 158 valence electrons. The maximum Gasteiger partial charge on any atom is 0.328 e. The van der Waals surface area contributed by atoms with E-state index >= 15 is 0 Å². The minimum Gasteiger partial charge on any atom is -0.368 e. The van der Waals surface area contributed by atoms with Crippen LogP contribution in [0, 0.1) is 0 Å². The maximum absolute atomic E-state index is 12.1. The number of fused-ring (bicyclic) bond motifs is 2. The fourth-order valence-corrected chi connectivity index (χ4v) is 5.27. The maximum atomic E-state index is 12.1. The lowest BCUT2D eigenvalue weighted by molar-refractivity contribution is 0.261. The first kappa shape index (κ1) is 21.0. The van der Waals surface area contributed by atoms with Crippen molar-refractivity contribution in [2.45, 2.75) is 6.42 Å². The molecule has 5 nitrogen and oxygen atoms in total. The predicted molar refractivity (Wildman–Crippen MR) is 130 cm³/mol. The summed E-state index contributed by atoms with van der Waals surface area (Å²) in [6.07, 6.45) is 1.01. The zero-order chi connectivity index (χ0) is 20.0. The molecule has 5 rings (SSSR count). The standard InChI is InChI=1S/C23H26N4OS.ClH/c1-24-20-7-6-17(16-21(20)25(2)23(24)28)8-10-26-11-13-27(14-12-26)19-4-3-5-22-18(19)9-15-29-22;/h3-7,9,15-16H,8,10-14H2,1-2H3;1H. The Kier molecular flexibility index (Phi) is 5.91. The summed E-state index contributed by atoms with van der Waals surface area (Å²) < 4.78 is 4.82. The molecule has 3 heterocycles. The average molecular weight is 443 g/mol. The number of piperazine rings is 1. The quantitative estimate of drug-likeness (QED) is 0.481. The molecule has 0 saturated carbocycles. The summed E-state index contributed by atoms with van der Waals surface area (Å²) in [7, 11) is 3.68. The largest absolute Gasteiger partial charge is 0.368 e. The lowest BCUT2D eigenvalue weighted by atomic mass is 10.1. The molecule has 1 fully saturated rings. The molecular formula is C23H27ClN4OS. The van der Waals surface area contributed by atoms with Gasteiger partial charge >= 0.3 is 5.69 Å². The van der Waals surface area contributed by atoms with E-state index in [1.807, 2.05) is 25.4 Å². The van der Waals surface area contributed by atoms with Crippen molar-refractivity contribution in [3.63, 3.8) is 0 Å². The molecule has 2 aromatic carbocycles. The first-order valence-electron chi connectivity index (χ1n) is 10.2. The number of halogens is 1. The van der Waals surface area contributed by atoms with Gasteiger partial charge in [0.1, 0.15) is 0 Å². The van der Waals surface area contributed by atoms with Crippen molar-refractivity contribution in [2.75, 3.05) is 37.6 Å². The second-order valence-electron chi connectivity index (χ2n) is 7.91. The third-order valence-electron chi connectivity index (χ3n) is 6.24. The molecule has 0 aliphatic carbocycles. The number of aryl methyl sites for hydroxylation is 2. The van der Waals surface area contributed by atoms with Crippen molar-refractivity contribution >= 4 is 50.6 Å². The van der Waals surface area contributed by atoms with Gasteiger partial charge in [0.15, 0.2) is 0 Å². The normalized spacial score (nSPS) is 15.1. The number of benzene rings is 2. The van der Waals surface area contributed by atoms with Crippen LogP contribution in [0.25, 0.3) is 21.1 Å². The summed E-state index contributed by atoms with van der Waals surface area (Å²) >= 11 is 1.82. The molecule has 0 radical (unpaired) electrons. The molecule has 0 atom stereocenters. The van der Waals surface area contributed by atoms with Gasteiger partial charge in [-0.3, -0.25) is 14.0 Å². The summed E-state index contributed by atoms with van der Waals surface area (Å²) in [4.78, 5) is 17.2. The van der Waals surface area contributed by atoms with Crippen LogP contribution in [-0.2, 0) is 20.5 Å². The van der Waals surface area contributed by atoms with Crippen LogP contribution in [0.15, 0.2) is 52.6 Å². The molecule has 30 heavy (non-hydrogen) atoms. The number of aromatic nitrogens is 2. The fourth-order valence-electron chi connectivity index (χ4n) is 4.46. The van der Waals surface area contributed by atoms with Gasteiger partial charge in [-0.25, -0.2) is 4.79 Å². The van der Waals surface area contributed by atoms with Crippen LogP contribution in [0.4, 0.5) is 5.69 Å². The lowest BCUT2D eigenvalue weighted by Gasteiger charge is -2.36. The lowest BCUT2D eigenvalue weighted by Crippen LogP contribution is -2.47. The number of nitrogens with zero attached hydrogens (tertiary/aromatic N) is 4. The highest BCUT2D eigenvalue weighted by molar-refractivity contribution is 7.17. The first-order valence-corrected chi connectivity index (χ1v) is 11.1. The second kappa shape index (κ2) is 8.46. The van der Waals surface area contributed by atoms with Crippen LogP contribution in [0.2, 0.25) is 0 Å². The molecule has 0 bridgehead atoms. The van der Waals surface area contributed by atoms with Crippen molar-refractivity contribution in [3.8, 4) is 0 Å². The van der Waals surface area contributed by atoms with Crippen molar-refractivity contribution in [1.82, 2.24) is 14.0 Å². The highest BCUT2D eigenvalue weighted by Crippen LogP contribution is 2.31. The van der Waals surface area contributed by atoms with Gasteiger partial charge in [0.05, 0.1) is 11.0 Å². The predicted octanol–water partition coefficient (Wildman–Crippen LogP) is 3.88. The van der Waals surface area contributed by atoms with Crippen LogP contribution in [0.1, 0.15) is 5.56 Å². The highest BCUT2D eigenvalue weighted by atomic mass is 35.5. The third-order valence-corrected chi connectivity index (χ3v) is 7.12. The van der Waals surface area contributed by atoms with Crippen LogP contribution in [0.3, 0.4) is 0 Å². The molecule has 1 saturated heterocycles. The molecule has 7 heteroatoms. The topological polar surface area (TPSA) is 33.4 Å². The van der Waals surface area contributed by atoms with Crippen LogP contribution in [-0.4, -0.2) is 46.8 Å². The van der Waals surface area contributed by atoms with Crippen LogP contribution in [0.5, 0.6) is 0 Å². The van der Waals surface area contributed by atoms with E-state index in [0.29, 0.717) is 0 Å². The Morgan fingerprint density at radius 2 is 1.70 bits per heavy atom. The van der Waals surface area contributed by atoms with E-state index in [1.54, 1.807) is 9.13 Å². The van der Waals surface area contributed by atoms with Gasteiger partial charge in [0.2, 0.25) is 0 Å². The van der Waals surface area contributed by atoms with Gasteiger partial charge in [0.25, 0.3) is 0 Å². The Bertz CT molecular complexity index is 1230. The molecule has 0 spiro atoms. The SMILES string of the molecule is Cl.Cn1c(=O)n(C)c2cc(CCN3CCN(c4cccc5sccc45)CC3)ccc21. The van der Waals surface area contributed by atoms with E-state index in [9.17, 15) is 4.79 Å². The molecule has 0 N–H and O–H groups in total. The summed E-state index contributed by atoms with van der Waals surface area (Å²) in [6, 6.07) is 15.3. The number of thiophene rings is 1. The van der Waals surface area contributed by atoms with Gasteiger partial charge in [-0.15, -0.1) is 23.7 Å². The van der Waals surface area contributed by atoms with Gasteiger partial charge in [0, 0.05) is 62.6 Å². The molecule has 1 aliphatic heterocycles. The molecule has 0 unspecified atom stereocenters. The zero-order valence-corrected chi connectivity index (χ0v) is 19.0. The van der Waals surface area contributed by atoms with Crippen LogP contribution >= 0.6 is 23.7 Å². The van der Waals surface area contributed by atoms with Crippen molar-refractivity contribution in [3.05, 3.63) is 63.9 Å². The molecule has 0 amide bonds. The highest BCUT2D eigenvalue weighted by Gasteiger charge is 2.19. The Balaban J connectivity index is 0.00000218. The van der Waals surface area contributed by atoms with Gasteiger partial charge in [-0.05, 0) is 47.7 Å². The van der Waals surface area contributed by atoms with E-state index in [4.69, 9.17) is 0 Å². The Morgan fingerprint density at radius 1 is 0.933 bits per heavy atom. The van der Waals surface area contributed by atoms with E-state index in [1.165, 1.54) is 21.3 Å². The minimum atomic E-state index is 0. The smallest absolute Gasteiger partial charge is 0.328 e. The number of hydrogen-bond donors (Lipinski definition) is 0. The zero-order valence-electron chi connectivity index (χ0n) is 17.4. The molecule has 1 aliphatic rings. The van der Waals surface area contributed by atoms with E-state index < -0.39 is 0 Å². The summed E-state index contributed by atoms with van der Waals surface area (Å²) in [5, 5.41) is 3.57. The number of hydrogen-bond acceptors (Lipinski definition) is 4. The number of anilines is 1. The van der Waals surface area contributed by atoms with Gasteiger partial charge in [-0.2, -0.15) is 0 Å². The molecule has 4 aromatic rings. The van der Waals surface area contributed by atoms with E-state index in [-0.39, 0.29) is 18.1 Å². The fraction of sp³-hybridized carbons (Fsp3) is 0.348. The van der Waals surface area contributed by atoms with E-state index in [0.717, 1.165) is 50.2 Å². The van der Waals surface area contributed by atoms with E-state index in [2.05, 4.69) is 57.6 Å². The number of imidazole rings is 1. The molecule has 2 aromatic heterocycles. The van der Waals surface area contributed by atoms with Crippen molar-refractivity contribution < 1.29 is 0 Å². The minimum absolute atomic E-state index is 0. The first-order chi connectivity index (χ1) is 14.1. The molecular weight excluding hydrogens is 416 g/mol. The van der Waals surface area contributed by atoms with Crippen molar-refractivity contribution in [1.29, 1.82) is 0 Å². The summed E-state index contributed by atoms with van der Waals surface area (Å²) in [5.41, 5.74) is 4.72. The Morgan fingerprint density at radius 3 is 2.50 bits per heavy atom. The summed E-state index contributed by atoms with van der Waals surface area (Å²) in [5.74, 6) is 0. The third kappa shape index (κ3) is 3.64. The Labute approximate surface area is 186 Å². The van der Waals surface area contributed by atoms with Gasteiger partial charge < -0.3 is 4.90 Å². The number of rotatable bonds is 4. The monoisotopic (exact) mass is 442 g/mol. The Hall–Kier alpha value is -2.28. The average Bonchev–Trinajstić information content (AvgIpc) is 3.32. The second-order valence-corrected chi connectivity index (χ2v) is 8.86. The van der Waals surface area contributed by atoms with Gasteiger partial charge in [-0.1, -0.05) is 12.1 Å². The van der Waals surface area contributed by atoms with Crippen molar-refractivity contribution in [2.24, 2.45) is 14.1 Å². The van der Waals surface area contributed by atoms with Crippen LogP contribution < -0.4 is 10.6 Å².